The van der Waals surface area contributed by atoms with Crippen LogP contribution in [0.5, 0.6) is 0 Å². The van der Waals surface area contributed by atoms with Crippen LogP contribution < -0.4 is 16.4 Å². The largest absolute Gasteiger partial charge is 0.447 e. The van der Waals surface area contributed by atoms with E-state index in [1.54, 1.807) is 0 Å². The summed E-state index contributed by atoms with van der Waals surface area (Å²) in [6.07, 6.45) is 1.10. The van der Waals surface area contributed by atoms with E-state index >= 15 is 0 Å². The molecule has 2 amide bonds. The molecule has 0 saturated carbocycles. The standard InChI is InChI=1S/C13H27N3O5/c1-12(17)15-6-9-20-10-11-21-13(18)16-5-3-8-19-7-2-4-14/h2-11,14H2,1H3,(H,15,17)(H,16,18). The van der Waals surface area contributed by atoms with Gasteiger partial charge in [0, 0.05) is 33.2 Å². The fourth-order valence-electron chi connectivity index (χ4n) is 1.30. The fourth-order valence-corrected chi connectivity index (χ4v) is 1.30. The van der Waals surface area contributed by atoms with Crippen molar-refractivity contribution < 1.29 is 23.8 Å². The van der Waals surface area contributed by atoms with Crippen LogP contribution in [0, 0.1) is 0 Å². The van der Waals surface area contributed by atoms with Crippen molar-refractivity contribution in [2.24, 2.45) is 5.73 Å². The summed E-state index contributed by atoms with van der Waals surface area (Å²) in [7, 11) is 0. The number of hydrogen-bond acceptors (Lipinski definition) is 6. The lowest BCUT2D eigenvalue weighted by molar-refractivity contribution is -0.119. The zero-order valence-electron chi connectivity index (χ0n) is 12.7. The molecule has 0 radical (unpaired) electrons. The van der Waals surface area contributed by atoms with E-state index in [2.05, 4.69) is 10.6 Å². The molecule has 124 valence electrons. The molecule has 8 nitrogen and oxygen atoms in total. The van der Waals surface area contributed by atoms with Crippen LogP contribution in [0.2, 0.25) is 0 Å². The Balaban J connectivity index is 3.18. The molecule has 0 aliphatic heterocycles. The third-order valence-electron chi connectivity index (χ3n) is 2.31. The molecule has 0 saturated heterocycles. The quantitative estimate of drug-likeness (QED) is 0.400. The Morgan fingerprint density at radius 1 is 0.905 bits per heavy atom. The van der Waals surface area contributed by atoms with E-state index in [4.69, 9.17) is 19.9 Å². The van der Waals surface area contributed by atoms with Gasteiger partial charge in [-0.05, 0) is 19.4 Å². The minimum atomic E-state index is -0.470. The number of amides is 2. The molecule has 0 aromatic rings. The van der Waals surface area contributed by atoms with Crippen LogP contribution in [0.15, 0.2) is 0 Å². The molecule has 0 unspecified atom stereocenters. The summed E-state index contributed by atoms with van der Waals surface area (Å²) in [5.41, 5.74) is 5.32. The maximum atomic E-state index is 11.3. The molecule has 21 heavy (non-hydrogen) atoms. The first kappa shape index (κ1) is 19.6. The van der Waals surface area contributed by atoms with E-state index in [0.29, 0.717) is 46.1 Å². The smallest absolute Gasteiger partial charge is 0.407 e. The first-order valence-electron chi connectivity index (χ1n) is 7.17. The highest BCUT2D eigenvalue weighted by atomic mass is 16.6. The van der Waals surface area contributed by atoms with Gasteiger partial charge in [0.05, 0.1) is 13.2 Å². The van der Waals surface area contributed by atoms with Gasteiger partial charge in [0.2, 0.25) is 5.91 Å². The highest BCUT2D eigenvalue weighted by molar-refractivity contribution is 5.72. The number of ether oxygens (including phenoxy) is 3. The van der Waals surface area contributed by atoms with Gasteiger partial charge in [-0.3, -0.25) is 4.79 Å². The third-order valence-corrected chi connectivity index (χ3v) is 2.31. The molecular formula is C13H27N3O5. The molecule has 0 rings (SSSR count). The first-order valence-corrected chi connectivity index (χ1v) is 7.17. The van der Waals surface area contributed by atoms with E-state index in [-0.39, 0.29) is 12.5 Å². The van der Waals surface area contributed by atoms with Crippen LogP contribution in [-0.2, 0) is 19.0 Å². The molecule has 0 aliphatic rings. The summed E-state index contributed by atoms with van der Waals surface area (Å²) in [5.74, 6) is -0.0961. The lowest BCUT2D eigenvalue weighted by atomic mass is 10.4. The topological polar surface area (TPSA) is 112 Å². The molecule has 0 spiro atoms. The molecule has 8 heteroatoms. The van der Waals surface area contributed by atoms with Crippen molar-refractivity contribution in [2.75, 3.05) is 52.7 Å². The van der Waals surface area contributed by atoms with E-state index < -0.39 is 6.09 Å². The van der Waals surface area contributed by atoms with E-state index in [1.807, 2.05) is 0 Å². The van der Waals surface area contributed by atoms with Gasteiger partial charge in [0.15, 0.2) is 0 Å². The van der Waals surface area contributed by atoms with Crippen molar-refractivity contribution in [3.05, 3.63) is 0 Å². The van der Waals surface area contributed by atoms with Crippen LogP contribution in [0.1, 0.15) is 19.8 Å². The number of rotatable bonds is 13. The van der Waals surface area contributed by atoms with Crippen molar-refractivity contribution in [2.45, 2.75) is 19.8 Å². The van der Waals surface area contributed by atoms with Gasteiger partial charge >= 0.3 is 6.09 Å². The zero-order chi connectivity index (χ0) is 15.8. The number of nitrogens with one attached hydrogen (secondary N) is 2. The highest BCUT2D eigenvalue weighted by Gasteiger charge is 2.00. The van der Waals surface area contributed by atoms with Crippen LogP contribution in [0.4, 0.5) is 4.79 Å². The molecule has 0 bridgehead atoms. The van der Waals surface area contributed by atoms with Crippen molar-refractivity contribution in [3.63, 3.8) is 0 Å². The average molecular weight is 305 g/mol. The molecular weight excluding hydrogens is 278 g/mol. The van der Waals surface area contributed by atoms with Gasteiger partial charge in [0.25, 0.3) is 0 Å². The lowest BCUT2D eigenvalue weighted by Crippen LogP contribution is -2.28. The predicted octanol–water partition coefficient (Wildman–Crippen LogP) is -0.379. The summed E-state index contributed by atoms with van der Waals surface area (Å²) in [4.78, 5) is 21.8. The summed E-state index contributed by atoms with van der Waals surface area (Å²) in [6.45, 7) is 5.13. The van der Waals surface area contributed by atoms with Gasteiger partial charge in [-0.15, -0.1) is 0 Å². The van der Waals surface area contributed by atoms with Crippen LogP contribution in [-0.4, -0.2) is 64.7 Å². The molecule has 0 atom stereocenters. The number of hydrogen-bond donors (Lipinski definition) is 3. The summed E-state index contributed by atoms with van der Waals surface area (Å²) < 4.78 is 15.3. The zero-order valence-corrected chi connectivity index (χ0v) is 12.7. The van der Waals surface area contributed by atoms with E-state index in [0.717, 1.165) is 12.8 Å². The maximum absolute atomic E-state index is 11.3. The van der Waals surface area contributed by atoms with Gasteiger partial charge < -0.3 is 30.6 Å². The second-order valence-corrected chi connectivity index (χ2v) is 4.27. The maximum Gasteiger partial charge on any atom is 0.407 e. The van der Waals surface area contributed by atoms with Crippen molar-refractivity contribution in [3.8, 4) is 0 Å². The van der Waals surface area contributed by atoms with Gasteiger partial charge in [0.1, 0.15) is 6.61 Å². The molecule has 0 fully saturated rings. The van der Waals surface area contributed by atoms with Crippen LogP contribution >= 0.6 is 0 Å². The highest BCUT2D eigenvalue weighted by Crippen LogP contribution is 1.85. The molecule has 0 aromatic heterocycles. The average Bonchev–Trinajstić information content (AvgIpc) is 2.45. The van der Waals surface area contributed by atoms with E-state index in [1.165, 1.54) is 6.92 Å². The first-order chi connectivity index (χ1) is 10.2. The Labute approximate surface area is 125 Å². The number of nitrogens with two attached hydrogens (primary N) is 1. The summed E-state index contributed by atoms with van der Waals surface area (Å²) in [5, 5.41) is 5.21. The summed E-state index contributed by atoms with van der Waals surface area (Å²) >= 11 is 0. The van der Waals surface area contributed by atoms with Crippen molar-refractivity contribution in [1.29, 1.82) is 0 Å². The Morgan fingerprint density at radius 3 is 2.33 bits per heavy atom. The SMILES string of the molecule is CC(=O)NCCOCCOC(=O)NCCCOCCCN. The minimum Gasteiger partial charge on any atom is -0.447 e. The van der Waals surface area contributed by atoms with Crippen molar-refractivity contribution in [1.82, 2.24) is 10.6 Å². The molecule has 0 heterocycles. The third kappa shape index (κ3) is 16.6. The normalized spacial score (nSPS) is 10.2. The molecule has 0 aromatic carbocycles. The van der Waals surface area contributed by atoms with Crippen LogP contribution in [0.3, 0.4) is 0 Å². The van der Waals surface area contributed by atoms with E-state index in [9.17, 15) is 9.59 Å². The number of carbonyl (C=O) groups is 2. The fraction of sp³-hybridized carbons (Fsp3) is 0.846. The minimum absolute atomic E-state index is 0.0961. The summed E-state index contributed by atoms with van der Waals surface area (Å²) in [6, 6.07) is 0. The second-order valence-electron chi connectivity index (χ2n) is 4.27. The van der Waals surface area contributed by atoms with Gasteiger partial charge in [-0.2, -0.15) is 0 Å². The van der Waals surface area contributed by atoms with Crippen LogP contribution in [0.25, 0.3) is 0 Å². The Morgan fingerprint density at radius 2 is 1.62 bits per heavy atom. The lowest BCUT2D eigenvalue weighted by Gasteiger charge is -2.08. The molecule has 0 aliphatic carbocycles. The number of carbonyl (C=O) groups excluding carboxylic acids is 2. The molecule has 4 N–H and O–H groups in total. The predicted molar refractivity (Wildman–Crippen MR) is 78.0 cm³/mol. The number of alkyl carbamates (subject to hydrolysis) is 1. The van der Waals surface area contributed by atoms with Gasteiger partial charge in [-0.1, -0.05) is 0 Å². The Bertz CT molecular complexity index is 277. The van der Waals surface area contributed by atoms with Crippen molar-refractivity contribution >= 4 is 12.0 Å². The van der Waals surface area contributed by atoms with Gasteiger partial charge in [-0.25, -0.2) is 4.79 Å². The Kier molecular flexibility index (Phi) is 14.0. The second kappa shape index (κ2) is 15.0. The Hall–Kier alpha value is -1.38. The monoisotopic (exact) mass is 305 g/mol.